The summed E-state index contributed by atoms with van der Waals surface area (Å²) in [6.45, 7) is 0.261. The van der Waals surface area contributed by atoms with Gasteiger partial charge < -0.3 is 5.11 Å². The van der Waals surface area contributed by atoms with Gasteiger partial charge in [-0.25, -0.2) is 4.98 Å². The van der Waals surface area contributed by atoms with E-state index in [0.29, 0.717) is 5.69 Å². The van der Waals surface area contributed by atoms with Crippen molar-refractivity contribution in [3.05, 3.63) is 39.5 Å². The third-order valence-electron chi connectivity index (χ3n) is 1.39. The first-order valence-electron chi connectivity index (χ1n) is 3.77. The van der Waals surface area contributed by atoms with Crippen molar-refractivity contribution >= 4 is 17.7 Å². The van der Waals surface area contributed by atoms with Crippen LogP contribution in [0.25, 0.3) is 16.5 Å². The number of azide groups is 1. The van der Waals surface area contributed by atoms with E-state index < -0.39 is 0 Å². The van der Waals surface area contributed by atoms with E-state index in [9.17, 15) is 0 Å². The molecule has 0 fully saturated rings. The minimum atomic E-state index is -0.0566. The maximum atomic E-state index is 9.07. The number of halogens is 1. The van der Waals surface area contributed by atoms with Gasteiger partial charge >= 0.3 is 0 Å². The lowest BCUT2D eigenvalue weighted by molar-refractivity contribution is 0.473. The highest BCUT2D eigenvalue weighted by atomic mass is 35.5. The Labute approximate surface area is 85.3 Å². The standard InChI is InChI=1S/C8H7ClN4O/c9-8-7(14)4-3-6(12-8)2-1-5-11-13-10/h1-4,14H,5H2. The Balaban J connectivity index is 2.72. The molecule has 1 N–H and O–H groups in total. The molecule has 0 spiro atoms. The highest BCUT2D eigenvalue weighted by Crippen LogP contribution is 2.20. The van der Waals surface area contributed by atoms with Crippen LogP contribution in [0.4, 0.5) is 0 Å². The average molecular weight is 211 g/mol. The van der Waals surface area contributed by atoms with Crippen molar-refractivity contribution < 1.29 is 5.11 Å². The molecule has 0 unspecified atom stereocenters. The monoisotopic (exact) mass is 210 g/mol. The first-order valence-corrected chi connectivity index (χ1v) is 4.14. The van der Waals surface area contributed by atoms with Gasteiger partial charge in [-0.1, -0.05) is 22.8 Å². The summed E-state index contributed by atoms with van der Waals surface area (Å²) in [5.41, 5.74) is 8.60. The quantitative estimate of drug-likeness (QED) is 0.360. The fourth-order valence-electron chi connectivity index (χ4n) is 0.791. The third kappa shape index (κ3) is 2.97. The molecule has 1 aromatic heterocycles. The van der Waals surface area contributed by atoms with E-state index in [1.165, 1.54) is 6.07 Å². The molecule has 0 radical (unpaired) electrons. The van der Waals surface area contributed by atoms with E-state index >= 15 is 0 Å². The molecule has 0 aliphatic carbocycles. The van der Waals surface area contributed by atoms with Crippen LogP contribution in [-0.2, 0) is 0 Å². The van der Waals surface area contributed by atoms with Gasteiger partial charge in [0.1, 0.15) is 0 Å². The topological polar surface area (TPSA) is 81.9 Å². The summed E-state index contributed by atoms with van der Waals surface area (Å²) in [5.74, 6) is -0.0566. The lowest BCUT2D eigenvalue weighted by Gasteiger charge is -1.96. The Morgan fingerprint density at radius 3 is 3.07 bits per heavy atom. The largest absolute Gasteiger partial charge is 0.505 e. The second kappa shape index (κ2) is 5.11. The summed E-state index contributed by atoms with van der Waals surface area (Å²) in [5, 5.41) is 12.4. The molecule has 6 heteroatoms. The Kier molecular flexibility index (Phi) is 3.79. The molecule has 0 aliphatic rings. The van der Waals surface area contributed by atoms with Crippen molar-refractivity contribution in [2.24, 2.45) is 5.11 Å². The normalized spacial score (nSPS) is 10.1. The van der Waals surface area contributed by atoms with E-state index in [0.717, 1.165) is 0 Å². The highest BCUT2D eigenvalue weighted by Gasteiger charge is 1.98. The number of hydrogen-bond acceptors (Lipinski definition) is 3. The molecule has 0 bridgehead atoms. The lowest BCUT2D eigenvalue weighted by Crippen LogP contribution is -1.81. The van der Waals surface area contributed by atoms with Gasteiger partial charge in [0, 0.05) is 11.5 Å². The van der Waals surface area contributed by atoms with Crippen LogP contribution < -0.4 is 0 Å². The predicted octanol–water partition coefficient (Wildman–Crippen LogP) is 2.76. The van der Waals surface area contributed by atoms with Crippen LogP contribution >= 0.6 is 11.6 Å². The van der Waals surface area contributed by atoms with Gasteiger partial charge in [0.05, 0.1) is 5.69 Å². The smallest absolute Gasteiger partial charge is 0.171 e. The Morgan fingerprint density at radius 2 is 2.43 bits per heavy atom. The van der Waals surface area contributed by atoms with Crippen LogP contribution in [0.2, 0.25) is 5.15 Å². The maximum absolute atomic E-state index is 9.07. The van der Waals surface area contributed by atoms with Crippen molar-refractivity contribution in [1.82, 2.24) is 4.98 Å². The number of pyridine rings is 1. The zero-order chi connectivity index (χ0) is 10.4. The molecular weight excluding hydrogens is 204 g/mol. The fraction of sp³-hybridized carbons (Fsp3) is 0.125. The number of rotatable bonds is 3. The van der Waals surface area contributed by atoms with Gasteiger partial charge in [0.25, 0.3) is 0 Å². The van der Waals surface area contributed by atoms with E-state index in [4.69, 9.17) is 22.2 Å². The van der Waals surface area contributed by atoms with Crippen LogP contribution in [-0.4, -0.2) is 16.6 Å². The van der Waals surface area contributed by atoms with Crippen LogP contribution in [0.15, 0.2) is 23.3 Å². The molecule has 0 aromatic carbocycles. The van der Waals surface area contributed by atoms with Gasteiger partial charge in [-0.2, -0.15) is 0 Å². The summed E-state index contributed by atoms with van der Waals surface area (Å²) in [6, 6.07) is 3.05. The third-order valence-corrected chi connectivity index (χ3v) is 1.67. The molecule has 0 atom stereocenters. The molecule has 5 nitrogen and oxygen atoms in total. The minimum absolute atomic E-state index is 0.0518. The molecule has 1 rings (SSSR count). The van der Waals surface area contributed by atoms with Gasteiger partial charge in [0.2, 0.25) is 0 Å². The molecule has 0 saturated heterocycles. The van der Waals surface area contributed by atoms with Crippen molar-refractivity contribution in [2.75, 3.05) is 6.54 Å². The second-order valence-corrected chi connectivity index (χ2v) is 2.72. The summed E-state index contributed by atoms with van der Waals surface area (Å²) >= 11 is 5.58. The average Bonchev–Trinajstić information content (AvgIpc) is 2.18. The number of nitrogens with zero attached hydrogens (tertiary/aromatic N) is 4. The summed E-state index contributed by atoms with van der Waals surface area (Å²) in [7, 11) is 0. The molecule has 14 heavy (non-hydrogen) atoms. The van der Waals surface area contributed by atoms with Crippen molar-refractivity contribution in [1.29, 1.82) is 0 Å². The molecule has 0 aliphatic heterocycles. The number of aromatic nitrogens is 1. The van der Waals surface area contributed by atoms with Crippen molar-refractivity contribution in [2.45, 2.75) is 0 Å². The van der Waals surface area contributed by atoms with Gasteiger partial charge in [-0.3, -0.25) is 0 Å². The molecular formula is C8H7ClN4O. The number of hydrogen-bond donors (Lipinski definition) is 1. The van der Waals surface area contributed by atoms with E-state index in [2.05, 4.69) is 15.0 Å². The van der Waals surface area contributed by atoms with Crippen LogP contribution in [0.1, 0.15) is 5.69 Å². The first-order chi connectivity index (χ1) is 6.74. The van der Waals surface area contributed by atoms with Gasteiger partial charge in [0.15, 0.2) is 10.9 Å². The molecule has 1 heterocycles. The Bertz CT molecular complexity index is 398. The van der Waals surface area contributed by atoms with E-state index in [1.807, 2.05) is 0 Å². The number of aromatic hydroxyl groups is 1. The summed E-state index contributed by atoms with van der Waals surface area (Å²) in [6.07, 6.45) is 3.30. The van der Waals surface area contributed by atoms with Crippen molar-refractivity contribution in [3.8, 4) is 5.75 Å². The Hall–Kier alpha value is -1.71. The van der Waals surface area contributed by atoms with Gasteiger partial charge in [-0.15, -0.1) is 0 Å². The summed E-state index contributed by atoms with van der Waals surface area (Å²) < 4.78 is 0. The van der Waals surface area contributed by atoms with Crippen LogP contribution in [0.3, 0.4) is 0 Å². The zero-order valence-electron chi connectivity index (χ0n) is 7.13. The molecule has 0 saturated carbocycles. The molecule has 1 aromatic rings. The highest BCUT2D eigenvalue weighted by molar-refractivity contribution is 6.30. The fourth-order valence-corrected chi connectivity index (χ4v) is 0.951. The maximum Gasteiger partial charge on any atom is 0.171 e. The molecule has 0 amide bonds. The second-order valence-electron chi connectivity index (χ2n) is 2.36. The minimum Gasteiger partial charge on any atom is -0.505 e. The summed E-state index contributed by atoms with van der Waals surface area (Å²) in [4.78, 5) is 6.45. The van der Waals surface area contributed by atoms with Crippen molar-refractivity contribution in [3.63, 3.8) is 0 Å². The van der Waals surface area contributed by atoms with Crippen LogP contribution in [0.5, 0.6) is 5.75 Å². The first kappa shape index (κ1) is 10.4. The van der Waals surface area contributed by atoms with E-state index in [1.54, 1.807) is 18.2 Å². The SMILES string of the molecule is [N-]=[N+]=NCC=Cc1ccc(O)c(Cl)n1. The van der Waals surface area contributed by atoms with E-state index in [-0.39, 0.29) is 17.4 Å². The zero-order valence-corrected chi connectivity index (χ0v) is 7.89. The van der Waals surface area contributed by atoms with Crippen LogP contribution in [0, 0.1) is 0 Å². The lowest BCUT2D eigenvalue weighted by atomic mass is 10.3. The predicted molar refractivity (Wildman–Crippen MR) is 54.0 cm³/mol. The Morgan fingerprint density at radius 1 is 1.64 bits per heavy atom. The molecule has 72 valence electrons. The van der Waals surface area contributed by atoms with Gasteiger partial charge in [-0.05, 0) is 23.7 Å².